The minimum Gasteiger partial charge on any atom is -0.382 e. The number of nitrogen functional groups attached to an aromatic ring is 1. The van der Waals surface area contributed by atoms with E-state index in [0.717, 1.165) is 12.8 Å². The van der Waals surface area contributed by atoms with Crippen molar-refractivity contribution in [3.63, 3.8) is 0 Å². The Morgan fingerprint density at radius 2 is 2.27 bits per heavy atom. The highest BCUT2D eigenvalue weighted by atomic mass is 16.5. The van der Waals surface area contributed by atoms with Crippen LogP contribution in [0.15, 0.2) is 10.9 Å². The van der Waals surface area contributed by atoms with Crippen LogP contribution in [0.1, 0.15) is 24.6 Å². The molecule has 0 radical (unpaired) electrons. The molecular formula is C9H14N4O2. The molecule has 2 rings (SSSR count). The van der Waals surface area contributed by atoms with Crippen molar-refractivity contribution in [1.29, 1.82) is 5.41 Å². The van der Waals surface area contributed by atoms with Gasteiger partial charge in [-0.05, 0) is 12.8 Å². The summed E-state index contributed by atoms with van der Waals surface area (Å²) in [6, 6.07) is 1.50. The Hall–Kier alpha value is -1.56. The zero-order chi connectivity index (χ0) is 10.8. The first kappa shape index (κ1) is 9.97. The number of H-pyrrole nitrogens is 1. The number of amidine groups is 1. The third-order valence-corrected chi connectivity index (χ3v) is 2.59. The monoisotopic (exact) mass is 210 g/mol. The fraction of sp³-hybridized carbons (Fsp3) is 0.556. The van der Waals surface area contributed by atoms with E-state index in [1.807, 2.05) is 0 Å². The topological polar surface area (TPSA) is 96.9 Å². The Balaban J connectivity index is 2.27. The van der Waals surface area contributed by atoms with Crippen molar-refractivity contribution in [1.82, 2.24) is 9.78 Å². The maximum absolute atomic E-state index is 11.6. The van der Waals surface area contributed by atoms with Crippen molar-refractivity contribution < 1.29 is 4.74 Å². The number of nitrogens with zero attached hydrogens (tertiary/aromatic N) is 1. The molecule has 4 N–H and O–H groups in total. The van der Waals surface area contributed by atoms with Gasteiger partial charge in [0.2, 0.25) is 0 Å². The van der Waals surface area contributed by atoms with E-state index in [2.05, 4.69) is 5.10 Å². The van der Waals surface area contributed by atoms with Crippen LogP contribution >= 0.6 is 0 Å². The Morgan fingerprint density at radius 1 is 1.60 bits per heavy atom. The maximum Gasteiger partial charge on any atom is 0.267 e. The van der Waals surface area contributed by atoms with Crippen LogP contribution in [0.3, 0.4) is 0 Å². The highest BCUT2D eigenvalue weighted by molar-refractivity contribution is 5.92. The molecular weight excluding hydrogens is 196 g/mol. The van der Waals surface area contributed by atoms with Gasteiger partial charge in [0, 0.05) is 19.3 Å². The largest absolute Gasteiger partial charge is 0.382 e. The first-order valence-corrected chi connectivity index (χ1v) is 4.92. The summed E-state index contributed by atoms with van der Waals surface area (Å²) in [4.78, 5) is 11.6. The van der Waals surface area contributed by atoms with Crippen molar-refractivity contribution in [2.75, 3.05) is 13.2 Å². The molecule has 0 bridgehead atoms. The third-order valence-electron chi connectivity index (χ3n) is 2.59. The summed E-state index contributed by atoms with van der Waals surface area (Å²) in [7, 11) is 0. The molecule has 0 aromatic carbocycles. The summed E-state index contributed by atoms with van der Waals surface area (Å²) >= 11 is 0. The molecule has 82 valence electrons. The molecule has 0 saturated carbocycles. The fourth-order valence-corrected chi connectivity index (χ4v) is 1.76. The van der Waals surface area contributed by atoms with Crippen LogP contribution in [-0.4, -0.2) is 28.8 Å². The van der Waals surface area contributed by atoms with Gasteiger partial charge in [0.25, 0.3) is 5.56 Å². The second kappa shape index (κ2) is 3.90. The number of hydrogen-bond donors (Lipinski definition) is 3. The number of ether oxygens (including phenoxy) is 1. The number of rotatable bonds is 2. The van der Waals surface area contributed by atoms with Crippen LogP contribution in [0.5, 0.6) is 0 Å². The third kappa shape index (κ3) is 1.94. The highest BCUT2D eigenvalue weighted by Crippen LogP contribution is 2.17. The molecule has 0 spiro atoms. The summed E-state index contributed by atoms with van der Waals surface area (Å²) in [6.07, 6.45) is 1.63. The summed E-state index contributed by atoms with van der Waals surface area (Å²) in [6.45, 7) is 1.34. The summed E-state index contributed by atoms with van der Waals surface area (Å²) in [5.41, 5.74) is 5.55. The van der Waals surface area contributed by atoms with Crippen LogP contribution < -0.4 is 11.3 Å². The number of nitrogens with one attached hydrogen (secondary N) is 2. The number of hydrogen-bond acceptors (Lipinski definition) is 3. The van der Waals surface area contributed by atoms with Crippen molar-refractivity contribution in [2.45, 2.75) is 18.9 Å². The van der Waals surface area contributed by atoms with Crippen molar-refractivity contribution in [2.24, 2.45) is 5.73 Å². The SMILES string of the molecule is N=C(N)c1cc(=O)n(C2CCOCC2)[nH]1. The molecule has 0 aliphatic carbocycles. The number of aromatic nitrogens is 2. The van der Waals surface area contributed by atoms with Gasteiger partial charge in [-0.1, -0.05) is 0 Å². The standard InChI is InChI=1S/C9H14N4O2/c10-9(11)7-5-8(14)13(12-7)6-1-3-15-4-2-6/h5-6,12H,1-4H2,(H3,10,11). The molecule has 15 heavy (non-hydrogen) atoms. The molecule has 1 aromatic heterocycles. The van der Waals surface area contributed by atoms with Crippen LogP contribution in [-0.2, 0) is 4.74 Å². The van der Waals surface area contributed by atoms with Gasteiger partial charge < -0.3 is 10.5 Å². The van der Waals surface area contributed by atoms with Gasteiger partial charge in [0.1, 0.15) is 11.5 Å². The minimum absolute atomic E-state index is 0.113. The van der Waals surface area contributed by atoms with E-state index in [4.69, 9.17) is 15.9 Å². The molecule has 1 aliphatic heterocycles. The first-order valence-electron chi connectivity index (χ1n) is 4.92. The Morgan fingerprint density at radius 3 is 2.80 bits per heavy atom. The van der Waals surface area contributed by atoms with Crippen molar-refractivity contribution in [3.8, 4) is 0 Å². The predicted molar refractivity (Wildman–Crippen MR) is 55.2 cm³/mol. The second-order valence-electron chi connectivity index (χ2n) is 3.64. The van der Waals surface area contributed by atoms with Crippen LogP contribution in [0.2, 0.25) is 0 Å². The van der Waals surface area contributed by atoms with Gasteiger partial charge in [0.15, 0.2) is 0 Å². The van der Waals surface area contributed by atoms with E-state index >= 15 is 0 Å². The van der Waals surface area contributed by atoms with E-state index in [-0.39, 0.29) is 17.4 Å². The quantitative estimate of drug-likeness (QED) is 0.466. The van der Waals surface area contributed by atoms with Gasteiger partial charge in [0.05, 0.1) is 6.04 Å². The zero-order valence-electron chi connectivity index (χ0n) is 8.32. The Kier molecular flexibility index (Phi) is 2.59. The lowest BCUT2D eigenvalue weighted by Gasteiger charge is -2.22. The van der Waals surface area contributed by atoms with E-state index < -0.39 is 0 Å². The lowest BCUT2D eigenvalue weighted by atomic mass is 10.1. The molecule has 0 amide bonds. The van der Waals surface area contributed by atoms with Crippen molar-refractivity contribution >= 4 is 5.84 Å². The van der Waals surface area contributed by atoms with Crippen LogP contribution in [0.25, 0.3) is 0 Å². The highest BCUT2D eigenvalue weighted by Gasteiger charge is 2.18. The molecule has 1 aromatic rings. The van der Waals surface area contributed by atoms with E-state index in [9.17, 15) is 4.79 Å². The number of nitrogens with two attached hydrogens (primary N) is 1. The Bertz CT molecular complexity index is 414. The molecule has 1 fully saturated rings. The maximum atomic E-state index is 11.6. The van der Waals surface area contributed by atoms with E-state index in [1.54, 1.807) is 4.68 Å². The minimum atomic E-state index is -0.132. The van der Waals surface area contributed by atoms with E-state index in [0.29, 0.717) is 18.9 Å². The van der Waals surface area contributed by atoms with Gasteiger partial charge >= 0.3 is 0 Å². The zero-order valence-corrected chi connectivity index (χ0v) is 8.32. The fourth-order valence-electron chi connectivity index (χ4n) is 1.76. The van der Waals surface area contributed by atoms with Crippen molar-refractivity contribution in [3.05, 3.63) is 22.1 Å². The normalized spacial score (nSPS) is 17.9. The average Bonchev–Trinajstić information content (AvgIpc) is 2.62. The molecule has 0 unspecified atom stereocenters. The lowest BCUT2D eigenvalue weighted by Crippen LogP contribution is -2.27. The van der Waals surface area contributed by atoms with Gasteiger partial charge in [-0.3, -0.25) is 15.3 Å². The number of aromatic amines is 1. The summed E-state index contributed by atoms with van der Waals surface area (Å²) in [5.74, 6) is -0.113. The van der Waals surface area contributed by atoms with Crippen LogP contribution in [0, 0.1) is 5.41 Å². The second-order valence-corrected chi connectivity index (χ2v) is 3.64. The predicted octanol–water partition coefficient (Wildman–Crippen LogP) is -0.188. The Labute approximate surface area is 86.5 Å². The molecule has 2 heterocycles. The smallest absolute Gasteiger partial charge is 0.267 e. The van der Waals surface area contributed by atoms with Gasteiger partial charge in [-0.25, -0.2) is 4.68 Å². The molecule has 6 nitrogen and oxygen atoms in total. The van der Waals surface area contributed by atoms with Gasteiger partial charge in [-0.15, -0.1) is 0 Å². The summed E-state index contributed by atoms with van der Waals surface area (Å²) in [5, 5.41) is 10.1. The molecule has 1 aliphatic rings. The van der Waals surface area contributed by atoms with Crippen LogP contribution in [0.4, 0.5) is 0 Å². The molecule has 1 saturated heterocycles. The molecule has 0 atom stereocenters. The van der Waals surface area contributed by atoms with E-state index in [1.165, 1.54) is 6.07 Å². The average molecular weight is 210 g/mol. The molecule has 6 heteroatoms. The first-order chi connectivity index (χ1) is 7.18. The van der Waals surface area contributed by atoms with Gasteiger partial charge in [-0.2, -0.15) is 0 Å². The lowest BCUT2D eigenvalue weighted by molar-refractivity contribution is 0.0653. The summed E-state index contributed by atoms with van der Waals surface area (Å²) < 4.78 is 6.76.